The normalized spacial score (nSPS) is 25.4. The Bertz CT molecular complexity index is 522. The Hall–Kier alpha value is -1.85. The van der Waals surface area contributed by atoms with Crippen LogP contribution >= 0.6 is 0 Å². The van der Waals surface area contributed by atoms with Crippen LogP contribution < -0.4 is 9.64 Å². The zero-order chi connectivity index (χ0) is 14.8. The first-order valence-corrected chi connectivity index (χ1v) is 7.61. The van der Waals surface area contributed by atoms with Gasteiger partial charge in [-0.1, -0.05) is 0 Å². The number of aromatic nitrogens is 2. The highest BCUT2D eigenvalue weighted by Crippen LogP contribution is 2.32. The molecule has 2 saturated heterocycles. The Balaban J connectivity index is 1.83. The van der Waals surface area contributed by atoms with Gasteiger partial charge >= 0.3 is 0 Å². The number of rotatable bonds is 3. The van der Waals surface area contributed by atoms with Crippen molar-refractivity contribution in [3.63, 3.8) is 0 Å². The number of hydrogen-bond acceptors (Lipinski definition) is 5. The zero-order valence-electron chi connectivity index (χ0n) is 12.7. The summed E-state index contributed by atoms with van der Waals surface area (Å²) in [5.41, 5.74) is 0. The van der Waals surface area contributed by atoms with Gasteiger partial charge in [-0.05, 0) is 25.7 Å². The Labute approximate surface area is 125 Å². The van der Waals surface area contributed by atoms with Crippen LogP contribution in [0.1, 0.15) is 32.6 Å². The molecule has 0 aromatic carbocycles. The average molecular weight is 290 g/mol. The summed E-state index contributed by atoms with van der Waals surface area (Å²) in [6.45, 7) is 3.49. The summed E-state index contributed by atoms with van der Waals surface area (Å²) in [5, 5.41) is 0. The maximum Gasteiger partial charge on any atom is 0.228 e. The van der Waals surface area contributed by atoms with Crippen LogP contribution in [0.25, 0.3) is 0 Å². The van der Waals surface area contributed by atoms with E-state index in [1.165, 1.54) is 0 Å². The number of ether oxygens (including phenoxy) is 1. The molecule has 2 atom stereocenters. The standard InChI is InChI=1S/C15H22N4O2/c1-11(20)18-9-3-5-12(18)13-6-4-10-19(13)15-16-8-7-14(17-15)21-2/h7-8,12-13H,3-6,9-10H2,1-2H3. The average Bonchev–Trinajstić information content (AvgIpc) is 3.15. The Morgan fingerprint density at radius 2 is 2.05 bits per heavy atom. The molecule has 2 fully saturated rings. The van der Waals surface area contributed by atoms with Gasteiger partial charge in [0.25, 0.3) is 0 Å². The number of nitrogens with zero attached hydrogens (tertiary/aromatic N) is 4. The van der Waals surface area contributed by atoms with Crippen LogP contribution in [0.4, 0.5) is 5.95 Å². The minimum atomic E-state index is 0.177. The second kappa shape index (κ2) is 5.87. The highest BCUT2D eigenvalue weighted by Gasteiger charge is 2.39. The molecule has 0 saturated carbocycles. The lowest BCUT2D eigenvalue weighted by Crippen LogP contribution is -2.48. The molecular weight excluding hydrogens is 268 g/mol. The molecule has 0 N–H and O–H groups in total. The van der Waals surface area contributed by atoms with Gasteiger partial charge in [-0.2, -0.15) is 4.98 Å². The number of methoxy groups -OCH3 is 1. The molecule has 1 amide bonds. The molecule has 3 rings (SSSR count). The summed E-state index contributed by atoms with van der Waals surface area (Å²) in [4.78, 5) is 24.9. The quantitative estimate of drug-likeness (QED) is 0.843. The van der Waals surface area contributed by atoms with Crippen molar-refractivity contribution in [1.82, 2.24) is 14.9 Å². The maximum absolute atomic E-state index is 11.8. The maximum atomic E-state index is 11.8. The fourth-order valence-corrected chi connectivity index (χ4v) is 3.61. The van der Waals surface area contributed by atoms with Crippen molar-refractivity contribution in [2.24, 2.45) is 0 Å². The highest BCUT2D eigenvalue weighted by molar-refractivity contribution is 5.74. The second-order valence-electron chi connectivity index (χ2n) is 5.72. The van der Waals surface area contributed by atoms with E-state index in [2.05, 4.69) is 14.9 Å². The summed E-state index contributed by atoms with van der Waals surface area (Å²) in [6.07, 6.45) is 6.11. The van der Waals surface area contributed by atoms with Crippen molar-refractivity contribution < 1.29 is 9.53 Å². The minimum Gasteiger partial charge on any atom is -0.481 e. The molecule has 1 aromatic heterocycles. The van der Waals surface area contributed by atoms with Gasteiger partial charge in [-0.3, -0.25) is 4.79 Å². The lowest BCUT2D eigenvalue weighted by molar-refractivity contribution is -0.129. The third-order valence-electron chi connectivity index (χ3n) is 4.53. The SMILES string of the molecule is COc1ccnc(N2CCCC2C2CCCN2C(C)=O)n1. The smallest absolute Gasteiger partial charge is 0.228 e. The second-order valence-corrected chi connectivity index (χ2v) is 5.72. The van der Waals surface area contributed by atoms with Crippen LogP contribution in [0.3, 0.4) is 0 Å². The predicted molar refractivity (Wildman–Crippen MR) is 79.4 cm³/mol. The van der Waals surface area contributed by atoms with Crippen molar-refractivity contribution in [3.05, 3.63) is 12.3 Å². The van der Waals surface area contributed by atoms with Gasteiger partial charge in [0.15, 0.2) is 0 Å². The van der Waals surface area contributed by atoms with E-state index in [0.29, 0.717) is 23.9 Å². The van der Waals surface area contributed by atoms with E-state index < -0.39 is 0 Å². The topological polar surface area (TPSA) is 58.6 Å². The summed E-state index contributed by atoms with van der Waals surface area (Å²) in [5.74, 6) is 1.48. The van der Waals surface area contributed by atoms with Crippen molar-refractivity contribution in [1.29, 1.82) is 0 Å². The predicted octanol–water partition coefficient (Wildman–Crippen LogP) is 1.46. The van der Waals surface area contributed by atoms with E-state index in [1.807, 2.05) is 4.90 Å². The lowest BCUT2D eigenvalue weighted by atomic mass is 10.0. The van der Waals surface area contributed by atoms with Crippen molar-refractivity contribution in [2.45, 2.75) is 44.7 Å². The van der Waals surface area contributed by atoms with Crippen LogP contribution in [0, 0.1) is 0 Å². The molecule has 21 heavy (non-hydrogen) atoms. The summed E-state index contributed by atoms with van der Waals surface area (Å²) < 4.78 is 5.19. The van der Waals surface area contributed by atoms with Crippen molar-refractivity contribution in [3.8, 4) is 5.88 Å². The molecule has 0 aliphatic carbocycles. The molecule has 0 spiro atoms. The molecule has 0 bridgehead atoms. The monoisotopic (exact) mass is 290 g/mol. The van der Waals surface area contributed by atoms with Gasteiger partial charge in [-0.25, -0.2) is 4.98 Å². The molecule has 6 heteroatoms. The first-order chi connectivity index (χ1) is 10.2. The Kier molecular flexibility index (Phi) is 3.94. The number of hydrogen-bond donors (Lipinski definition) is 0. The zero-order valence-corrected chi connectivity index (χ0v) is 12.7. The van der Waals surface area contributed by atoms with Crippen LogP contribution in [0.5, 0.6) is 5.88 Å². The first-order valence-electron chi connectivity index (χ1n) is 7.61. The van der Waals surface area contributed by atoms with E-state index in [1.54, 1.807) is 26.3 Å². The number of amides is 1. The minimum absolute atomic E-state index is 0.177. The third-order valence-corrected chi connectivity index (χ3v) is 4.53. The molecule has 6 nitrogen and oxygen atoms in total. The van der Waals surface area contributed by atoms with Crippen LogP contribution in [-0.2, 0) is 4.79 Å². The molecule has 1 aromatic rings. The molecule has 114 valence electrons. The molecule has 2 aliphatic rings. The van der Waals surface area contributed by atoms with E-state index in [-0.39, 0.29) is 5.91 Å². The summed E-state index contributed by atoms with van der Waals surface area (Å²) in [7, 11) is 1.61. The molecular formula is C15H22N4O2. The van der Waals surface area contributed by atoms with Gasteiger partial charge in [-0.15, -0.1) is 0 Å². The van der Waals surface area contributed by atoms with Gasteiger partial charge < -0.3 is 14.5 Å². The van der Waals surface area contributed by atoms with Crippen LogP contribution in [-0.4, -0.2) is 53.1 Å². The number of likely N-dealkylation sites (tertiary alicyclic amines) is 1. The fraction of sp³-hybridized carbons (Fsp3) is 0.667. The van der Waals surface area contributed by atoms with Gasteiger partial charge in [0.2, 0.25) is 17.7 Å². The van der Waals surface area contributed by atoms with E-state index >= 15 is 0 Å². The largest absolute Gasteiger partial charge is 0.481 e. The Morgan fingerprint density at radius 3 is 2.81 bits per heavy atom. The third kappa shape index (κ3) is 2.66. The van der Waals surface area contributed by atoms with Crippen molar-refractivity contribution in [2.75, 3.05) is 25.1 Å². The Morgan fingerprint density at radius 1 is 1.29 bits per heavy atom. The number of carbonyl (C=O) groups excluding carboxylic acids is 1. The fourth-order valence-electron chi connectivity index (χ4n) is 3.61. The highest BCUT2D eigenvalue weighted by atomic mass is 16.5. The van der Waals surface area contributed by atoms with Crippen LogP contribution in [0.2, 0.25) is 0 Å². The molecule has 0 radical (unpaired) electrons. The van der Waals surface area contributed by atoms with Crippen LogP contribution in [0.15, 0.2) is 12.3 Å². The number of anilines is 1. The molecule has 3 heterocycles. The first kappa shape index (κ1) is 14.1. The number of carbonyl (C=O) groups is 1. The van der Waals surface area contributed by atoms with Gasteiger partial charge in [0.1, 0.15) is 0 Å². The van der Waals surface area contributed by atoms with E-state index in [4.69, 9.17) is 4.74 Å². The molecule has 2 aliphatic heterocycles. The van der Waals surface area contributed by atoms with Gasteiger partial charge in [0.05, 0.1) is 19.2 Å². The van der Waals surface area contributed by atoms with Crippen molar-refractivity contribution >= 4 is 11.9 Å². The summed E-state index contributed by atoms with van der Waals surface area (Å²) >= 11 is 0. The lowest BCUT2D eigenvalue weighted by Gasteiger charge is -2.34. The summed E-state index contributed by atoms with van der Waals surface area (Å²) in [6, 6.07) is 2.37. The van der Waals surface area contributed by atoms with E-state index in [0.717, 1.165) is 38.8 Å². The molecule has 2 unspecified atom stereocenters. The van der Waals surface area contributed by atoms with Gasteiger partial charge in [0, 0.05) is 32.3 Å². The van der Waals surface area contributed by atoms with E-state index in [9.17, 15) is 4.79 Å².